The van der Waals surface area contributed by atoms with Crippen LogP contribution in [0.25, 0.3) is 0 Å². The molecule has 4 heterocycles. The molecule has 4 aliphatic carbocycles. The highest BCUT2D eigenvalue weighted by atomic mass is 16.5. The summed E-state index contributed by atoms with van der Waals surface area (Å²) in [4.78, 5) is 16.3. The first-order valence-electron chi connectivity index (χ1n) is 21.2. The molecule has 0 aromatic heterocycles. The second-order valence-corrected chi connectivity index (χ2v) is 21.1. The van der Waals surface area contributed by atoms with Gasteiger partial charge in [0, 0.05) is 45.9 Å². The van der Waals surface area contributed by atoms with Crippen LogP contribution in [-0.4, -0.2) is 54.6 Å². The molecule has 4 saturated carbocycles. The van der Waals surface area contributed by atoms with Gasteiger partial charge in [-0.25, -0.2) is 0 Å². The Morgan fingerprint density at radius 2 is 1.20 bits per heavy atom. The highest BCUT2D eigenvalue weighted by Crippen LogP contribution is 2.69. The third-order valence-electron chi connectivity index (χ3n) is 18.4. The van der Waals surface area contributed by atoms with Crippen LogP contribution in [0, 0.1) is 45.3 Å². The molecule has 298 valence electrons. The van der Waals surface area contributed by atoms with E-state index in [4.69, 9.17) is 14.2 Å². The lowest BCUT2D eigenvalue weighted by atomic mass is 9.43. The number of phenolic OH excluding ortho intramolecular Hbond substituents is 2. The molecule has 0 saturated heterocycles. The number of carbonyl (C=O) groups is 1. The minimum absolute atomic E-state index is 0.104. The smallest absolute Gasteiger partial charge is 0.257 e. The van der Waals surface area contributed by atoms with E-state index >= 15 is 0 Å². The zero-order valence-corrected chi connectivity index (χ0v) is 34.1. The van der Waals surface area contributed by atoms with Crippen molar-refractivity contribution in [2.75, 3.05) is 0 Å². The molecule has 9 heteroatoms. The third kappa shape index (κ3) is 4.23. The van der Waals surface area contributed by atoms with E-state index in [0.29, 0.717) is 42.7 Å². The highest BCUT2D eigenvalue weighted by Gasteiger charge is 2.69. The first kappa shape index (κ1) is 36.3. The van der Waals surface area contributed by atoms with Crippen molar-refractivity contribution in [2.45, 2.75) is 162 Å². The number of aromatic hydroxyl groups is 2. The lowest BCUT2D eigenvalue weighted by Crippen LogP contribution is -2.66. The van der Waals surface area contributed by atoms with Crippen molar-refractivity contribution in [2.24, 2.45) is 45.3 Å². The molecule has 1 amide bonds. The summed E-state index contributed by atoms with van der Waals surface area (Å²) in [6.45, 7) is 18.6. The van der Waals surface area contributed by atoms with Gasteiger partial charge in [0.2, 0.25) is 0 Å². The molecule has 4 fully saturated rings. The fourth-order valence-electron chi connectivity index (χ4n) is 14.9. The summed E-state index contributed by atoms with van der Waals surface area (Å²) in [6.07, 6.45) is 6.80. The molecule has 2 aromatic carbocycles. The van der Waals surface area contributed by atoms with Gasteiger partial charge in [-0.2, -0.15) is 0 Å². The predicted molar refractivity (Wildman–Crippen MR) is 206 cm³/mol. The molecular weight excluding hydrogens is 695 g/mol. The number of nitrogens with zero attached hydrogens (tertiary/aromatic N) is 1. The van der Waals surface area contributed by atoms with Crippen molar-refractivity contribution >= 4 is 5.91 Å². The van der Waals surface area contributed by atoms with Crippen molar-refractivity contribution in [3.05, 3.63) is 45.5 Å². The molecule has 55 heavy (non-hydrogen) atoms. The maximum atomic E-state index is 14.6. The van der Waals surface area contributed by atoms with E-state index in [0.717, 1.165) is 66.3 Å². The van der Waals surface area contributed by atoms with Crippen molar-refractivity contribution in [3.63, 3.8) is 0 Å². The van der Waals surface area contributed by atoms with Gasteiger partial charge >= 0.3 is 0 Å². The van der Waals surface area contributed by atoms with Crippen molar-refractivity contribution < 1.29 is 39.4 Å². The number of rotatable bonds is 1. The van der Waals surface area contributed by atoms with Gasteiger partial charge in [-0.1, -0.05) is 55.4 Å². The van der Waals surface area contributed by atoms with Gasteiger partial charge in [0.25, 0.3) is 5.91 Å². The van der Waals surface area contributed by atoms with Gasteiger partial charge in [0.1, 0.15) is 34.2 Å². The lowest BCUT2D eigenvalue weighted by molar-refractivity contribution is -0.210. The summed E-state index contributed by atoms with van der Waals surface area (Å²) in [7, 11) is 0. The second-order valence-electron chi connectivity index (χ2n) is 21.1. The lowest BCUT2D eigenvalue weighted by Gasteiger charge is -2.64. The SMILES string of the molecule is C[C@H]1CC[C@@H]2C(C)(C)[C@@H](O)CC[C@@]2(C)[C@]12Cc1c(O)cc3c(c1O2)CN([C@@H]1OCc2cc(O)c4c(c21)O[C@@]1(C4)[C@@H](C)CC[C@@H]2C(C)(C)[C@@H](O)CC[C@]21C)C3=O. The number of aliphatic hydroxyl groups is 2. The molecule has 0 radical (unpaired) electrons. The van der Waals surface area contributed by atoms with E-state index in [9.17, 15) is 25.2 Å². The van der Waals surface area contributed by atoms with E-state index in [1.807, 2.05) is 6.07 Å². The Hall–Kier alpha value is -3.01. The number of carbonyl (C=O) groups excluding carboxylic acids is 1. The van der Waals surface area contributed by atoms with Crippen LogP contribution in [0.15, 0.2) is 12.1 Å². The van der Waals surface area contributed by atoms with Crippen LogP contribution in [0.1, 0.15) is 151 Å². The Morgan fingerprint density at radius 3 is 1.76 bits per heavy atom. The number of amides is 1. The summed E-state index contributed by atoms with van der Waals surface area (Å²) < 4.78 is 21.2. The fraction of sp³-hybridized carbons (Fsp3) is 0.717. The van der Waals surface area contributed by atoms with Crippen molar-refractivity contribution in [1.29, 1.82) is 0 Å². The number of aliphatic hydroxyl groups excluding tert-OH is 2. The van der Waals surface area contributed by atoms with Crippen LogP contribution in [-0.2, 0) is 30.7 Å². The standard InChI is InChI=1S/C46H61NO8/c1-23-9-11-32-41(3,4)34(50)13-15-43(32,7)45(23)19-27-31(49)18-26-29(37(27)54-45)21-47(39(26)52)40-36-25(22-53-40)17-30(48)28-20-46(55-38(28)36)24(2)10-12-33-42(5,6)35(51)14-16-44(33,46)8/h17-18,23-24,32-35,40,48-51H,9-16,19-22H2,1-8H3/t23-,24-,32+,33+,34-,35-,40+,43+,44+,45-,46-/m0/s1. The minimum atomic E-state index is -0.726. The summed E-state index contributed by atoms with van der Waals surface area (Å²) in [5, 5.41) is 45.6. The molecule has 4 N–H and O–H groups in total. The van der Waals surface area contributed by atoms with E-state index < -0.39 is 17.4 Å². The topological polar surface area (TPSA) is 129 Å². The Kier molecular flexibility index (Phi) is 7.35. The molecule has 0 unspecified atom stereocenters. The second kappa shape index (κ2) is 11.1. The molecule has 8 aliphatic rings. The number of phenols is 2. The van der Waals surface area contributed by atoms with Gasteiger partial charge < -0.3 is 39.5 Å². The molecule has 9 nitrogen and oxygen atoms in total. The van der Waals surface area contributed by atoms with Crippen LogP contribution in [0.4, 0.5) is 0 Å². The van der Waals surface area contributed by atoms with E-state index in [1.165, 1.54) is 0 Å². The molecule has 11 atom stereocenters. The number of ether oxygens (including phenoxy) is 3. The molecule has 0 bridgehead atoms. The Morgan fingerprint density at radius 1 is 0.691 bits per heavy atom. The highest BCUT2D eigenvalue weighted by molar-refractivity contribution is 6.00. The Bertz CT molecular complexity index is 2020. The Labute approximate surface area is 325 Å². The van der Waals surface area contributed by atoms with Crippen molar-refractivity contribution in [3.8, 4) is 23.0 Å². The Balaban J connectivity index is 1.01. The molecular formula is C46H61NO8. The van der Waals surface area contributed by atoms with Gasteiger partial charge in [-0.3, -0.25) is 4.79 Å². The molecule has 4 aliphatic heterocycles. The molecule has 2 aromatic rings. The van der Waals surface area contributed by atoms with Crippen LogP contribution in [0.2, 0.25) is 0 Å². The maximum Gasteiger partial charge on any atom is 0.257 e. The zero-order valence-electron chi connectivity index (χ0n) is 34.1. The largest absolute Gasteiger partial charge is 0.508 e. The molecule has 2 spiro atoms. The van der Waals surface area contributed by atoms with E-state index in [1.54, 1.807) is 11.0 Å². The normalized spacial score (nSPS) is 43.0. The van der Waals surface area contributed by atoms with Crippen molar-refractivity contribution in [1.82, 2.24) is 4.90 Å². The zero-order chi connectivity index (χ0) is 39.0. The fourth-order valence-corrected chi connectivity index (χ4v) is 14.9. The summed E-state index contributed by atoms with van der Waals surface area (Å²) in [5.41, 5.74) is 2.32. The van der Waals surface area contributed by atoms with Crippen LogP contribution >= 0.6 is 0 Å². The average Bonchev–Trinajstić information content (AvgIpc) is 3.90. The first-order valence-corrected chi connectivity index (χ1v) is 21.2. The van der Waals surface area contributed by atoms with Gasteiger partial charge in [0.15, 0.2) is 6.23 Å². The monoisotopic (exact) mass is 755 g/mol. The number of benzene rings is 2. The van der Waals surface area contributed by atoms with Gasteiger partial charge in [0.05, 0.1) is 30.9 Å². The quantitative estimate of drug-likeness (QED) is 0.230. The van der Waals surface area contributed by atoms with Crippen LogP contribution in [0.5, 0.6) is 23.0 Å². The third-order valence-corrected chi connectivity index (χ3v) is 18.4. The minimum Gasteiger partial charge on any atom is -0.508 e. The average molecular weight is 756 g/mol. The molecule has 10 rings (SSSR count). The summed E-state index contributed by atoms with van der Waals surface area (Å²) in [5.74, 6) is 2.34. The van der Waals surface area contributed by atoms with Crippen LogP contribution in [0.3, 0.4) is 0 Å². The van der Waals surface area contributed by atoms with Gasteiger partial charge in [-0.05, 0) is 104 Å². The van der Waals surface area contributed by atoms with E-state index in [2.05, 4.69) is 55.4 Å². The van der Waals surface area contributed by atoms with Gasteiger partial charge in [-0.15, -0.1) is 0 Å². The van der Waals surface area contributed by atoms with E-state index in [-0.39, 0.29) is 88.1 Å². The first-order chi connectivity index (χ1) is 25.8. The number of hydrogen-bond acceptors (Lipinski definition) is 8. The van der Waals surface area contributed by atoms with Crippen LogP contribution < -0.4 is 9.47 Å². The number of hydrogen-bond donors (Lipinski definition) is 4. The summed E-state index contributed by atoms with van der Waals surface area (Å²) in [6, 6.07) is 3.46. The predicted octanol–water partition coefficient (Wildman–Crippen LogP) is 8.10. The maximum absolute atomic E-state index is 14.6. The summed E-state index contributed by atoms with van der Waals surface area (Å²) >= 11 is 0. The number of fused-ring (bicyclic) bond motifs is 10.